The first-order chi connectivity index (χ1) is 15.9. The van der Waals surface area contributed by atoms with Gasteiger partial charge in [0.15, 0.2) is 23.9 Å². The molecule has 8 nitrogen and oxygen atoms in total. The lowest BCUT2D eigenvalue weighted by Crippen LogP contribution is -2.39. The standard InChI is InChI=1S/C25H21NO7/c1-16(27)19-12-21-22(33-15-32-21)13-20(19)26-23(28)14-31-24(29)25(30,17-8-4-2-5-9-17)18-10-6-3-7-11-18/h2-13,30H,14-15H2,1H3,(H,26,28). The van der Waals surface area contributed by atoms with E-state index in [1.165, 1.54) is 19.1 Å². The van der Waals surface area contributed by atoms with Crippen LogP contribution in [-0.2, 0) is 19.9 Å². The van der Waals surface area contributed by atoms with Crippen LogP contribution in [0.3, 0.4) is 0 Å². The van der Waals surface area contributed by atoms with Crippen molar-refractivity contribution in [3.63, 3.8) is 0 Å². The van der Waals surface area contributed by atoms with E-state index in [0.29, 0.717) is 22.6 Å². The Morgan fingerprint density at radius 3 is 2.03 bits per heavy atom. The van der Waals surface area contributed by atoms with Gasteiger partial charge in [0, 0.05) is 11.6 Å². The summed E-state index contributed by atoms with van der Waals surface area (Å²) in [7, 11) is 0. The van der Waals surface area contributed by atoms with Crippen LogP contribution in [0.5, 0.6) is 11.5 Å². The van der Waals surface area contributed by atoms with Gasteiger partial charge in [0.2, 0.25) is 12.4 Å². The number of fused-ring (bicyclic) bond motifs is 1. The van der Waals surface area contributed by atoms with E-state index in [4.69, 9.17) is 14.2 Å². The van der Waals surface area contributed by atoms with E-state index >= 15 is 0 Å². The highest BCUT2D eigenvalue weighted by Gasteiger charge is 2.41. The summed E-state index contributed by atoms with van der Waals surface area (Å²) in [5.74, 6) is -1.20. The topological polar surface area (TPSA) is 111 Å². The predicted octanol–water partition coefficient (Wildman–Crippen LogP) is 3.04. The van der Waals surface area contributed by atoms with E-state index in [2.05, 4.69) is 5.32 Å². The lowest BCUT2D eigenvalue weighted by molar-refractivity contribution is -0.163. The number of rotatable bonds is 7. The summed E-state index contributed by atoms with van der Waals surface area (Å²) in [6, 6.07) is 19.6. The second-order valence-electron chi connectivity index (χ2n) is 7.37. The fourth-order valence-corrected chi connectivity index (χ4v) is 3.52. The summed E-state index contributed by atoms with van der Waals surface area (Å²) in [4.78, 5) is 37.5. The maximum Gasteiger partial charge on any atom is 0.348 e. The molecule has 0 bridgehead atoms. The molecule has 2 N–H and O–H groups in total. The van der Waals surface area contributed by atoms with Gasteiger partial charge in [0.1, 0.15) is 0 Å². The van der Waals surface area contributed by atoms with Gasteiger partial charge in [-0.25, -0.2) is 4.79 Å². The van der Waals surface area contributed by atoms with Gasteiger partial charge in [0.05, 0.1) is 5.69 Å². The van der Waals surface area contributed by atoms with Crippen molar-refractivity contribution in [2.45, 2.75) is 12.5 Å². The zero-order valence-electron chi connectivity index (χ0n) is 17.7. The van der Waals surface area contributed by atoms with Crippen molar-refractivity contribution >= 4 is 23.3 Å². The third kappa shape index (κ3) is 4.42. The first kappa shape index (κ1) is 22.0. The van der Waals surface area contributed by atoms with Crippen molar-refractivity contribution in [1.82, 2.24) is 0 Å². The molecule has 168 valence electrons. The van der Waals surface area contributed by atoms with Gasteiger partial charge in [-0.2, -0.15) is 0 Å². The molecule has 3 aromatic rings. The van der Waals surface area contributed by atoms with Gasteiger partial charge in [-0.1, -0.05) is 60.7 Å². The van der Waals surface area contributed by atoms with Crippen molar-refractivity contribution in [3.05, 3.63) is 89.5 Å². The molecule has 33 heavy (non-hydrogen) atoms. The van der Waals surface area contributed by atoms with Crippen molar-refractivity contribution in [3.8, 4) is 11.5 Å². The molecule has 0 radical (unpaired) electrons. The minimum absolute atomic E-state index is 0.0131. The highest BCUT2D eigenvalue weighted by molar-refractivity contribution is 6.05. The molecule has 0 aromatic heterocycles. The SMILES string of the molecule is CC(=O)c1cc2c(cc1NC(=O)COC(=O)C(O)(c1ccccc1)c1ccccc1)OCO2. The Morgan fingerprint density at radius 2 is 1.48 bits per heavy atom. The maximum absolute atomic E-state index is 13.0. The number of ether oxygens (including phenoxy) is 3. The van der Waals surface area contributed by atoms with Crippen molar-refractivity contribution in [2.75, 3.05) is 18.7 Å². The first-order valence-corrected chi connectivity index (χ1v) is 10.1. The van der Waals surface area contributed by atoms with Crippen LogP contribution >= 0.6 is 0 Å². The number of anilines is 1. The second-order valence-corrected chi connectivity index (χ2v) is 7.37. The Bertz CT molecular complexity index is 1150. The molecule has 1 amide bonds. The minimum Gasteiger partial charge on any atom is -0.454 e. The molecule has 8 heteroatoms. The summed E-state index contributed by atoms with van der Waals surface area (Å²) in [5, 5.41) is 13.9. The Hall–Kier alpha value is -4.17. The minimum atomic E-state index is -2.11. The summed E-state index contributed by atoms with van der Waals surface area (Å²) < 4.78 is 15.8. The van der Waals surface area contributed by atoms with E-state index in [9.17, 15) is 19.5 Å². The number of Topliss-reactive ketones (excluding diaryl/α,β-unsaturated/α-hetero) is 1. The molecular formula is C25H21NO7. The van der Waals surface area contributed by atoms with E-state index in [-0.39, 0.29) is 23.8 Å². The van der Waals surface area contributed by atoms with Gasteiger partial charge in [-0.3, -0.25) is 9.59 Å². The van der Waals surface area contributed by atoms with Gasteiger partial charge < -0.3 is 24.6 Å². The molecule has 3 aromatic carbocycles. The van der Waals surface area contributed by atoms with Crippen LogP contribution in [0, 0.1) is 0 Å². The van der Waals surface area contributed by atoms with Crippen LogP contribution in [0.2, 0.25) is 0 Å². The molecule has 1 aliphatic heterocycles. The first-order valence-electron chi connectivity index (χ1n) is 10.1. The van der Waals surface area contributed by atoms with E-state index in [1.54, 1.807) is 60.7 Å². The lowest BCUT2D eigenvalue weighted by atomic mass is 9.86. The van der Waals surface area contributed by atoms with Crippen LogP contribution in [-0.4, -0.2) is 36.2 Å². The number of esters is 1. The summed E-state index contributed by atoms with van der Waals surface area (Å²) in [6.07, 6.45) is 0. The van der Waals surface area contributed by atoms with E-state index < -0.39 is 24.1 Å². The Kier molecular flexibility index (Phi) is 6.10. The monoisotopic (exact) mass is 447 g/mol. The molecule has 4 rings (SSSR count). The average Bonchev–Trinajstić information content (AvgIpc) is 3.30. The molecule has 0 saturated heterocycles. The maximum atomic E-state index is 13.0. The quantitative estimate of drug-likeness (QED) is 0.423. The third-order valence-electron chi connectivity index (χ3n) is 5.18. The number of amides is 1. The number of hydrogen-bond acceptors (Lipinski definition) is 7. The van der Waals surface area contributed by atoms with Crippen LogP contribution in [0.15, 0.2) is 72.8 Å². The number of carbonyl (C=O) groups is 3. The van der Waals surface area contributed by atoms with Crippen LogP contribution in [0.1, 0.15) is 28.4 Å². The van der Waals surface area contributed by atoms with E-state index in [1.807, 2.05) is 0 Å². The summed E-state index contributed by atoms with van der Waals surface area (Å²) in [5.41, 5.74) is -1.07. The van der Waals surface area contributed by atoms with Gasteiger partial charge in [-0.05, 0) is 24.1 Å². The molecule has 0 unspecified atom stereocenters. The van der Waals surface area contributed by atoms with Crippen molar-refractivity contribution in [1.29, 1.82) is 0 Å². The van der Waals surface area contributed by atoms with E-state index in [0.717, 1.165) is 0 Å². The van der Waals surface area contributed by atoms with Crippen LogP contribution < -0.4 is 14.8 Å². The second kappa shape index (κ2) is 9.13. The number of aliphatic hydroxyl groups is 1. The average molecular weight is 447 g/mol. The Balaban J connectivity index is 1.52. The predicted molar refractivity (Wildman–Crippen MR) is 118 cm³/mol. The van der Waals surface area contributed by atoms with Crippen LogP contribution in [0.25, 0.3) is 0 Å². The molecule has 0 spiro atoms. The molecular weight excluding hydrogens is 426 g/mol. The molecule has 0 atom stereocenters. The highest BCUT2D eigenvalue weighted by atomic mass is 16.7. The van der Waals surface area contributed by atoms with Gasteiger partial charge >= 0.3 is 5.97 Å². The fourth-order valence-electron chi connectivity index (χ4n) is 3.52. The van der Waals surface area contributed by atoms with Crippen molar-refractivity contribution < 1.29 is 33.7 Å². The Morgan fingerprint density at radius 1 is 0.939 bits per heavy atom. The molecule has 1 heterocycles. The fraction of sp³-hybridized carbons (Fsp3) is 0.160. The number of carbonyl (C=O) groups excluding carboxylic acids is 3. The number of ketones is 1. The van der Waals surface area contributed by atoms with Crippen molar-refractivity contribution in [2.24, 2.45) is 0 Å². The normalized spacial score (nSPS) is 12.2. The highest BCUT2D eigenvalue weighted by Crippen LogP contribution is 2.37. The lowest BCUT2D eigenvalue weighted by Gasteiger charge is -2.27. The third-order valence-corrected chi connectivity index (χ3v) is 5.18. The summed E-state index contributed by atoms with van der Waals surface area (Å²) in [6.45, 7) is 0.693. The number of nitrogens with one attached hydrogen (secondary N) is 1. The molecule has 0 aliphatic carbocycles. The largest absolute Gasteiger partial charge is 0.454 e. The molecule has 1 aliphatic rings. The zero-order valence-corrected chi connectivity index (χ0v) is 17.7. The smallest absolute Gasteiger partial charge is 0.348 e. The zero-order chi connectivity index (χ0) is 23.4. The number of hydrogen-bond donors (Lipinski definition) is 2. The summed E-state index contributed by atoms with van der Waals surface area (Å²) >= 11 is 0. The Labute approximate surface area is 189 Å². The van der Waals surface area contributed by atoms with Crippen LogP contribution in [0.4, 0.5) is 5.69 Å². The number of benzene rings is 3. The van der Waals surface area contributed by atoms with Gasteiger partial charge in [-0.15, -0.1) is 0 Å². The molecule has 0 saturated carbocycles. The van der Waals surface area contributed by atoms with Gasteiger partial charge in [0.25, 0.3) is 5.91 Å². The molecule has 0 fully saturated rings.